The summed E-state index contributed by atoms with van der Waals surface area (Å²) in [5.41, 5.74) is 1.85. The lowest BCUT2D eigenvalue weighted by atomic mass is 10.2. The van der Waals surface area contributed by atoms with Crippen molar-refractivity contribution < 1.29 is 14.6 Å². The highest BCUT2D eigenvalue weighted by molar-refractivity contribution is 5.86. The first-order valence-electron chi connectivity index (χ1n) is 4.97. The van der Waals surface area contributed by atoms with Crippen molar-refractivity contribution in [1.29, 1.82) is 0 Å². The molecule has 0 saturated carbocycles. The monoisotopic (exact) mass is 221 g/mol. The quantitative estimate of drug-likeness (QED) is 0.581. The van der Waals surface area contributed by atoms with Gasteiger partial charge in [-0.25, -0.2) is 4.79 Å². The Kier molecular flexibility index (Phi) is 5.08. The van der Waals surface area contributed by atoms with Crippen LogP contribution in [0.25, 0.3) is 6.08 Å². The van der Waals surface area contributed by atoms with Gasteiger partial charge in [-0.3, -0.25) is 0 Å². The van der Waals surface area contributed by atoms with E-state index in [1.807, 2.05) is 24.3 Å². The smallest absolute Gasteiger partial charge is 0.330 e. The molecule has 0 atom stereocenters. The van der Waals surface area contributed by atoms with Gasteiger partial charge in [0.05, 0.1) is 13.7 Å². The predicted octanol–water partition coefficient (Wildman–Crippen LogP) is 1.28. The predicted molar refractivity (Wildman–Crippen MR) is 63.1 cm³/mol. The highest BCUT2D eigenvalue weighted by Crippen LogP contribution is 2.10. The van der Waals surface area contributed by atoms with Crippen LogP contribution in [-0.2, 0) is 9.53 Å². The molecular weight excluding hydrogens is 206 g/mol. The summed E-state index contributed by atoms with van der Waals surface area (Å²) < 4.78 is 4.48. The third kappa shape index (κ3) is 4.14. The van der Waals surface area contributed by atoms with Gasteiger partial charge in [0.25, 0.3) is 0 Å². The number of carbonyl (C=O) groups is 1. The minimum absolute atomic E-state index is 0.101. The number of rotatable bonds is 5. The maximum absolute atomic E-state index is 10.8. The van der Waals surface area contributed by atoms with E-state index in [9.17, 15) is 4.79 Å². The van der Waals surface area contributed by atoms with Crippen LogP contribution in [-0.4, -0.2) is 31.3 Å². The number of esters is 1. The summed E-state index contributed by atoms with van der Waals surface area (Å²) in [5, 5.41) is 11.7. The SMILES string of the molecule is COC(=O)C=Cc1ccc(NCCO)cc1. The molecule has 0 aliphatic heterocycles. The van der Waals surface area contributed by atoms with E-state index in [1.54, 1.807) is 6.08 Å². The van der Waals surface area contributed by atoms with Crippen molar-refractivity contribution in [3.05, 3.63) is 35.9 Å². The van der Waals surface area contributed by atoms with E-state index in [-0.39, 0.29) is 12.6 Å². The molecule has 0 saturated heterocycles. The average molecular weight is 221 g/mol. The number of methoxy groups -OCH3 is 1. The molecule has 0 heterocycles. The molecule has 0 aliphatic carbocycles. The summed E-state index contributed by atoms with van der Waals surface area (Å²) >= 11 is 0. The third-order valence-electron chi connectivity index (χ3n) is 1.96. The first-order valence-corrected chi connectivity index (χ1v) is 4.97. The number of ether oxygens (including phenoxy) is 1. The van der Waals surface area contributed by atoms with Crippen molar-refractivity contribution >= 4 is 17.7 Å². The number of benzene rings is 1. The highest BCUT2D eigenvalue weighted by atomic mass is 16.5. The molecule has 2 N–H and O–H groups in total. The van der Waals surface area contributed by atoms with Crippen LogP contribution in [0.5, 0.6) is 0 Å². The Morgan fingerprint density at radius 2 is 2.12 bits per heavy atom. The Morgan fingerprint density at radius 1 is 1.44 bits per heavy atom. The molecule has 0 unspecified atom stereocenters. The maximum Gasteiger partial charge on any atom is 0.330 e. The fourth-order valence-corrected chi connectivity index (χ4v) is 1.14. The van der Waals surface area contributed by atoms with Crippen molar-refractivity contribution in [1.82, 2.24) is 0 Å². The van der Waals surface area contributed by atoms with Crippen LogP contribution in [0, 0.1) is 0 Å². The molecule has 0 aliphatic rings. The molecule has 1 aromatic carbocycles. The second-order valence-corrected chi connectivity index (χ2v) is 3.13. The van der Waals surface area contributed by atoms with E-state index >= 15 is 0 Å². The number of nitrogens with one attached hydrogen (secondary N) is 1. The summed E-state index contributed by atoms with van der Waals surface area (Å²) in [6, 6.07) is 7.51. The largest absolute Gasteiger partial charge is 0.466 e. The van der Waals surface area contributed by atoms with Crippen molar-refractivity contribution in [3.8, 4) is 0 Å². The van der Waals surface area contributed by atoms with E-state index in [4.69, 9.17) is 5.11 Å². The molecule has 0 amide bonds. The summed E-state index contributed by atoms with van der Waals surface area (Å²) in [7, 11) is 1.34. The van der Waals surface area contributed by atoms with Gasteiger partial charge < -0.3 is 15.2 Å². The maximum atomic E-state index is 10.8. The van der Waals surface area contributed by atoms with Crippen LogP contribution in [0.4, 0.5) is 5.69 Å². The van der Waals surface area contributed by atoms with Gasteiger partial charge in [0, 0.05) is 18.3 Å². The number of aliphatic hydroxyl groups is 1. The van der Waals surface area contributed by atoms with Crippen LogP contribution in [0.15, 0.2) is 30.3 Å². The molecule has 4 heteroatoms. The van der Waals surface area contributed by atoms with Crippen molar-refractivity contribution in [2.75, 3.05) is 25.6 Å². The number of hydrogen-bond acceptors (Lipinski definition) is 4. The molecule has 0 spiro atoms. The summed E-state index contributed by atoms with van der Waals surface area (Å²) in [6.45, 7) is 0.626. The van der Waals surface area contributed by atoms with Crippen molar-refractivity contribution in [2.45, 2.75) is 0 Å². The zero-order chi connectivity index (χ0) is 11.8. The molecular formula is C12H15NO3. The van der Waals surface area contributed by atoms with E-state index in [0.29, 0.717) is 6.54 Å². The fraction of sp³-hybridized carbons (Fsp3) is 0.250. The van der Waals surface area contributed by atoms with E-state index in [2.05, 4.69) is 10.1 Å². The van der Waals surface area contributed by atoms with Crippen LogP contribution in [0.1, 0.15) is 5.56 Å². The van der Waals surface area contributed by atoms with Gasteiger partial charge in [-0.05, 0) is 23.8 Å². The first kappa shape index (κ1) is 12.3. The number of aliphatic hydroxyl groups excluding tert-OH is 1. The minimum Gasteiger partial charge on any atom is -0.466 e. The van der Waals surface area contributed by atoms with Crippen molar-refractivity contribution in [3.63, 3.8) is 0 Å². The standard InChI is InChI=1S/C12H15NO3/c1-16-12(15)7-4-10-2-5-11(6-3-10)13-8-9-14/h2-7,13-14H,8-9H2,1H3. The van der Waals surface area contributed by atoms with Crippen LogP contribution < -0.4 is 5.32 Å². The summed E-state index contributed by atoms with van der Waals surface area (Å²) in [4.78, 5) is 10.8. The van der Waals surface area contributed by atoms with Crippen LogP contribution in [0.3, 0.4) is 0 Å². The van der Waals surface area contributed by atoms with Gasteiger partial charge in [-0.2, -0.15) is 0 Å². The summed E-state index contributed by atoms with van der Waals surface area (Å²) in [6.07, 6.45) is 3.05. The molecule has 0 aromatic heterocycles. The lowest BCUT2D eigenvalue weighted by Crippen LogP contribution is -2.04. The molecule has 0 radical (unpaired) electrons. The molecule has 16 heavy (non-hydrogen) atoms. The second kappa shape index (κ2) is 6.63. The lowest BCUT2D eigenvalue weighted by molar-refractivity contribution is -0.134. The van der Waals surface area contributed by atoms with Gasteiger partial charge in [-0.1, -0.05) is 12.1 Å². The van der Waals surface area contributed by atoms with Gasteiger partial charge in [0.15, 0.2) is 0 Å². The van der Waals surface area contributed by atoms with Gasteiger partial charge in [0.1, 0.15) is 0 Å². The van der Waals surface area contributed by atoms with E-state index in [1.165, 1.54) is 13.2 Å². The Bertz CT molecular complexity index is 357. The number of anilines is 1. The third-order valence-corrected chi connectivity index (χ3v) is 1.96. The Hall–Kier alpha value is -1.81. The minimum atomic E-state index is -0.373. The molecule has 1 rings (SSSR count). The normalized spacial score (nSPS) is 10.4. The molecule has 1 aromatic rings. The van der Waals surface area contributed by atoms with Gasteiger partial charge in [-0.15, -0.1) is 0 Å². The van der Waals surface area contributed by atoms with Gasteiger partial charge >= 0.3 is 5.97 Å². The topological polar surface area (TPSA) is 58.6 Å². The molecule has 4 nitrogen and oxygen atoms in total. The van der Waals surface area contributed by atoms with Crippen LogP contribution in [0.2, 0.25) is 0 Å². The molecule has 0 bridgehead atoms. The second-order valence-electron chi connectivity index (χ2n) is 3.13. The zero-order valence-corrected chi connectivity index (χ0v) is 9.14. The average Bonchev–Trinajstić information content (AvgIpc) is 2.34. The van der Waals surface area contributed by atoms with Gasteiger partial charge in [0.2, 0.25) is 0 Å². The van der Waals surface area contributed by atoms with Crippen molar-refractivity contribution in [2.24, 2.45) is 0 Å². The number of carbonyl (C=O) groups excluding carboxylic acids is 1. The Balaban J connectivity index is 2.57. The highest BCUT2D eigenvalue weighted by Gasteiger charge is 1.93. The Morgan fingerprint density at radius 3 is 2.69 bits per heavy atom. The molecule has 0 fully saturated rings. The van der Waals surface area contributed by atoms with E-state index in [0.717, 1.165) is 11.3 Å². The molecule has 86 valence electrons. The number of hydrogen-bond donors (Lipinski definition) is 2. The summed E-state index contributed by atoms with van der Waals surface area (Å²) in [5.74, 6) is -0.373. The van der Waals surface area contributed by atoms with Crippen LogP contribution >= 0.6 is 0 Å². The lowest BCUT2D eigenvalue weighted by Gasteiger charge is -2.03. The van der Waals surface area contributed by atoms with E-state index < -0.39 is 0 Å². The Labute approximate surface area is 94.6 Å². The first-order chi connectivity index (χ1) is 7.76. The fourth-order valence-electron chi connectivity index (χ4n) is 1.14. The zero-order valence-electron chi connectivity index (χ0n) is 9.14.